The molecule has 0 fully saturated rings. The predicted octanol–water partition coefficient (Wildman–Crippen LogP) is 3.13. The van der Waals surface area contributed by atoms with Gasteiger partial charge in [0, 0.05) is 35.7 Å². The molecule has 0 amide bonds. The molecule has 0 atom stereocenters. The van der Waals surface area contributed by atoms with Crippen LogP contribution >= 0.6 is 0 Å². The van der Waals surface area contributed by atoms with Gasteiger partial charge in [0.25, 0.3) is 0 Å². The van der Waals surface area contributed by atoms with Gasteiger partial charge in [-0.15, -0.1) is 0 Å². The van der Waals surface area contributed by atoms with Gasteiger partial charge in [-0.25, -0.2) is 0 Å². The van der Waals surface area contributed by atoms with Crippen molar-refractivity contribution in [2.24, 2.45) is 0 Å². The van der Waals surface area contributed by atoms with Crippen LogP contribution in [-0.2, 0) is 6.54 Å². The molecule has 0 aliphatic heterocycles. The van der Waals surface area contributed by atoms with Crippen molar-refractivity contribution < 1.29 is 0 Å². The molecule has 1 aromatic carbocycles. The lowest BCUT2D eigenvalue weighted by Gasteiger charge is -2.10. The molecule has 2 heterocycles. The SMILES string of the molecule is Cc1ccc(CNc2ccc(N)c3ncccc23)cn1. The van der Waals surface area contributed by atoms with E-state index >= 15 is 0 Å². The van der Waals surface area contributed by atoms with Crippen LogP contribution in [0.5, 0.6) is 0 Å². The molecule has 0 aliphatic carbocycles. The maximum Gasteiger partial charge on any atom is 0.0951 e. The van der Waals surface area contributed by atoms with Crippen molar-refractivity contribution in [3.63, 3.8) is 0 Å². The minimum Gasteiger partial charge on any atom is -0.397 e. The van der Waals surface area contributed by atoms with Crippen LogP contribution in [0.1, 0.15) is 11.3 Å². The Bertz CT molecular complexity index is 735. The molecule has 0 spiro atoms. The van der Waals surface area contributed by atoms with Gasteiger partial charge in [0.05, 0.1) is 11.2 Å². The van der Waals surface area contributed by atoms with Crippen molar-refractivity contribution >= 4 is 22.3 Å². The topological polar surface area (TPSA) is 63.8 Å². The normalized spacial score (nSPS) is 10.7. The molecule has 20 heavy (non-hydrogen) atoms. The van der Waals surface area contributed by atoms with Crippen LogP contribution in [0, 0.1) is 6.92 Å². The van der Waals surface area contributed by atoms with Crippen molar-refractivity contribution in [2.45, 2.75) is 13.5 Å². The Morgan fingerprint density at radius 1 is 1.10 bits per heavy atom. The smallest absolute Gasteiger partial charge is 0.0951 e. The molecule has 0 unspecified atom stereocenters. The lowest BCUT2D eigenvalue weighted by Crippen LogP contribution is -2.02. The van der Waals surface area contributed by atoms with E-state index in [0.717, 1.165) is 34.4 Å². The van der Waals surface area contributed by atoms with Gasteiger partial charge < -0.3 is 11.1 Å². The molecule has 2 aromatic heterocycles. The zero-order chi connectivity index (χ0) is 13.9. The van der Waals surface area contributed by atoms with Gasteiger partial charge in [-0.05, 0) is 42.8 Å². The van der Waals surface area contributed by atoms with Crippen molar-refractivity contribution in [1.29, 1.82) is 0 Å². The van der Waals surface area contributed by atoms with Gasteiger partial charge in [0.15, 0.2) is 0 Å². The summed E-state index contributed by atoms with van der Waals surface area (Å²) >= 11 is 0. The average molecular weight is 264 g/mol. The van der Waals surface area contributed by atoms with Crippen molar-refractivity contribution in [2.75, 3.05) is 11.1 Å². The number of fused-ring (bicyclic) bond motifs is 1. The summed E-state index contributed by atoms with van der Waals surface area (Å²) in [4.78, 5) is 8.63. The number of aromatic nitrogens is 2. The summed E-state index contributed by atoms with van der Waals surface area (Å²) in [6, 6.07) is 11.9. The van der Waals surface area contributed by atoms with E-state index in [9.17, 15) is 0 Å². The van der Waals surface area contributed by atoms with Gasteiger partial charge in [0.1, 0.15) is 0 Å². The number of hydrogen-bond acceptors (Lipinski definition) is 4. The number of aryl methyl sites for hydroxylation is 1. The number of hydrogen-bond donors (Lipinski definition) is 2. The molecule has 100 valence electrons. The molecule has 0 saturated heterocycles. The first-order chi connectivity index (χ1) is 9.74. The fourth-order valence-corrected chi connectivity index (χ4v) is 2.15. The van der Waals surface area contributed by atoms with Gasteiger partial charge in [0.2, 0.25) is 0 Å². The molecule has 3 aromatic rings. The lowest BCUT2D eigenvalue weighted by molar-refractivity contribution is 1.09. The summed E-state index contributed by atoms with van der Waals surface area (Å²) in [5, 5.41) is 4.45. The molecule has 0 bridgehead atoms. The Kier molecular flexibility index (Phi) is 3.21. The molecule has 3 rings (SSSR count). The highest BCUT2D eigenvalue weighted by molar-refractivity contribution is 5.98. The molecule has 3 N–H and O–H groups in total. The summed E-state index contributed by atoms with van der Waals surface area (Å²) in [5.74, 6) is 0. The van der Waals surface area contributed by atoms with Crippen LogP contribution in [0.3, 0.4) is 0 Å². The second-order valence-electron chi connectivity index (χ2n) is 4.76. The van der Waals surface area contributed by atoms with Crippen molar-refractivity contribution in [3.8, 4) is 0 Å². The number of pyridine rings is 2. The zero-order valence-electron chi connectivity index (χ0n) is 11.3. The Morgan fingerprint density at radius 2 is 2.00 bits per heavy atom. The van der Waals surface area contributed by atoms with Crippen LogP contribution in [0.4, 0.5) is 11.4 Å². The van der Waals surface area contributed by atoms with E-state index in [1.165, 1.54) is 0 Å². The Balaban J connectivity index is 1.88. The number of anilines is 2. The molecule has 0 radical (unpaired) electrons. The Morgan fingerprint density at radius 3 is 2.80 bits per heavy atom. The third-order valence-corrected chi connectivity index (χ3v) is 3.26. The maximum absolute atomic E-state index is 5.95. The Labute approximate surface area is 117 Å². The first-order valence-electron chi connectivity index (χ1n) is 6.52. The predicted molar refractivity (Wildman–Crippen MR) is 82.5 cm³/mol. The van der Waals surface area contributed by atoms with Crippen LogP contribution < -0.4 is 11.1 Å². The zero-order valence-corrected chi connectivity index (χ0v) is 11.3. The highest BCUT2D eigenvalue weighted by Gasteiger charge is 2.04. The fourth-order valence-electron chi connectivity index (χ4n) is 2.15. The third-order valence-electron chi connectivity index (χ3n) is 3.26. The number of nitrogens with two attached hydrogens (primary N) is 1. The number of rotatable bonds is 3. The van der Waals surface area contributed by atoms with Crippen LogP contribution in [0.25, 0.3) is 10.9 Å². The first kappa shape index (κ1) is 12.4. The molecule has 4 heteroatoms. The fraction of sp³-hybridized carbons (Fsp3) is 0.125. The number of benzene rings is 1. The second-order valence-corrected chi connectivity index (χ2v) is 4.76. The molecule has 0 saturated carbocycles. The van der Waals surface area contributed by atoms with Crippen LogP contribution in [-0.4, -0.2) is 9.97 Å². The summed E-state index contributed by atoms with van der Waals surface area (Å²) < 4.78 is 0. The summed E-state index contributed by atoms with van der Waals surface area (Å²) in [6.07, 6.45) is 3.65. The van der Waals surface area contributed by atoms with Gasteiger partial charge >= 0.3 is 0 Å². The largest absolute Gasteiger partial charge is 0.397 e. The van der Waals surface area contributed by atoms with E-state index in [0.29, 0.717) is 5.69 Å². The Hall–Kier alpha value is -2.62. The second kappa shape index (κ2) is 5.17. The summed E-state index contributed by atoms with van der Waals surface area (Å²) in [7, 11) is 0. The highest BCUT2D eigenvalue weighted by Crippen LogP contribution is 2.26. The lowest BCUT2D eigenvalue weighted by atomic mass is 10.1. The van der Waals surface area contributed by atoms with E-state index in [4.69, 9.17) is 5.73 Å². The van der Waals surface area contributed by atoms with E-state index < -0.39 is 0 Å². The van der Waals surface area contributed by atoms with Crippen molar-refractivity contribution in [1.82, 2.24) is 9.97 Å². The maximum atomic E-state index is 5.95. The molecular formula is C16H16N4. The highest BCUT2D eigenvalue weighted by atomic mass is 14.9. The van der Waals surface area contributed by atoms with Crippen LogP contribution in [0.15, 0.2) is 48.8 Å². The first-order valence-corrected chi connectivity index (χ1v) is 6.52. The van der Waals surface area contributed by atoms with Crippen molar-refractivity contribution in [3.05, 3.63) is 60.0 Å². The number of nitrogens with zero attached hydrogens (tertiary/aromatic N) is 2. The average Bonchev–Trinajstić information content (AvgIpc) is 2.49. The standard InChI is InChI=1S/C16H16N4/c1-11-4-5-12(9-19-11)10-20-15-7-6-14(17)16-13(15)3-2-8-18-16/h2-9,20H,10,17H2,1H3. The minimum atomic E-state index is 0.697. The monoisotopic (exact) mass is 264 g/mol. The molecule has 4 nitrogen and oxygen atoms in total. The summed E-state index contributed by atoms with van der Waals surface area (Å²) in [6.45, 7) is 2.71. The molecule has 0 aliphatic rings. The van der Waals surface area contributed by atoms with Gasteiger partial charge in [-0.3, -0.25) is 9.97 Å². The van der Waals surface area contributed by atoms with E-state index in [2.05, 4.69) is 21.4 Å². The minimum absolute atomic E-state index is 0.697. The quantitative estimate of drug-likeness (QED) is 0.713. The van der Waals surface area contributed by atoms with E-state index in [1.807, 2.05) is 43.5 Å². The number of nitrogens with one attached hydrogen (secondary N) is 1. The van der Waals surface area contributed by atoms with Gasteiger partial charge in [-0.2, -0.15) is 0 Å². The van der Waals surface area contributed by atoms with E-state index in [1.54, 1.807) is 6.20 Å². The summed E-state index contributed by atoms with van der Waals surface area (Å²) in [5.41, 5.74) is 10.7. The van der Waals surface area contributed by atoms with Gasteiger partial charge in [-0.1, -0.05) is 6.07 Å². The third kappa shape index (κ3) is 2.40. The molecular weight excluding hydrogens is 248 g/mol. The number of nitrogen functional groups attached to an aromatic ring is 1. The van der Waals surface area contributed by atoms with E-state index in [-0.39, 0.29) is 0 Å². The van der Waals surface area contributed by atoms with Crippen LogP contribution in [0.2, 0.25) is 0 Å².